The van der Waals surface area contributed by atoms with Crippen molar-refractivity contribution < 1.29 is 9.26 Å². The third kappa shape index (κ3) is 5.03. The first kappa shape index (κ1) is 23.8. The number of hydrogen-bond acceptors (Lipinski definition) is 8. The van der Waals surface area contributed by atoms with Gasteiger partial charge in [-0.15, -0.1) is 0 Å². The summed E-state index contributed by atoms with van der Waals surface area (Å²) in [7, 11) is 0. The van der Waals surface area contributed by atoms with Crippen LogP contribution in [0, 0.1) is 24.2 Å². The third-order valence-corrected chi connectivity index (χ3v) is 6.39. The lowest BCUT2D eigenvalue weighted by Gasteiger charge is -2.26. The molecule has 0 atom stereocenters. The lowest BCUT2D eigenvalue weighted by Crippen LogP contribution is -2.36. The zero-order valence-electron chi connectivity index (χ0n) is 20.7. The molecule has 0 amide bonds. The van der Waals surface area contributed by atoms with Gasteiger partial charge in [-0.05, 0) is 38.5 Å². The molecule has 5 rings (SSSR count). The summed E-state index contributed by atoms with van der Waals surface area (Å²) in [5.74, 6) is 1.19. The number of hydrogen-bond donors (Lipinski definition) is 1. The minimum atomic E-state index is -0.700. The van der Waals surface area contributed by atoms with Crippen molar-refractivity contribution in [1.82, 2.24) is 25.4 Å². The molecule has 0 bridgehead atoms. The van der Waals surface area contributed by atoms with Crippen LogP contribution < -0.4 is 5.32 Å². The highest BCUT2D eigenvalue weighted by molar-refractivity contribution is 5.68. The Balaban J connectivity index is 1.34. The van der Waals surface area contributed by atoms with E-state index < -0.39 is 5.41 Å². The molecular weight excluding hydrogens is 452 g/mol. The van der Waals surface area contributed by atoms with Gasteiger partial charge in [0.25, 0.3) is 0 Å². The molecule has 182 valence electrons. The molecule has 1 aliphatic rings. The summed E-state index contributed by atoms with van der Waals surface area (Å²) >= 11 is 0. The highest BCUT2D eigenvalue weighted by atomic mass is 16.5. The van der Waals surface area contributed by atoms with Crippen LogP contribution in [0.3, 0.4) is 0 Å². The summed E-state index contributed by atoms with van der Waals surface area (Å²) in [4.78, 5) is 13.7. The van der Waals surface area contributed by atoms with E-state index in [0.717, 1.165) is 48.8 Å². The number of aromatic nitrogens is 4. The molecule has 0 radical (unpaired) electrons. The van der Waals surface area contributed by atoms with E-state index in [9.17, 15) is 5.26 Å². The van der Waals surface area contributed by atoms with Gasteiger partial charge in [-0.1, -0.05) is 29.4 Å². The van der Waals surface area contributed by atoms with Crippen molar-refractivity contribution in [2.75, 3.05) is 19.8 Å². The average Bonchev–Trinajstić information content (AvgIpc) is 3.36. The Hall–Kier alpha value is -3.93. The summed E-state index contributed by atoms with van der Waals surface area (Å²) in [5, 5.41) is 17.2. The molecule has 36 heavy (non-hydrogen) atoms. The molecule has 0 spiro atoms. The SMILES string of the molecule is Cc1ncc(-c2ccnc(C(C)(C)C#N)c2)nc1-c1cc(-c2ccc(CNCC3COC3)cc2)no1. The minimum Gasteiger partial charge on any atom is -0.381 e. The van der Waals surface area contributed by atoms with Gasteiger partial charge in [0, 0.05) is 42.4 Å². The van der Waals surface area contributed by atoms with Gasteiger partial charge in [-0.3, -0.25) is 9.97 Å². The second kappa shape index (κ2) is 9.97. The lowest BCUT2D eigenvalue weighted by atomic mass is 9.90. The lowest BCUT2D eigenvalue weighted by molar-refractivity contribution is -0.0307. The second-order valence-electron chi connectivity index (χ2n) is 9.66. The summed E-state index contributed by atoms with van der Waals surface area (Å²) in [6.45, 7) is 9.09. The first-order valence-corrected chi connectivity index (χ1v) is 12.0. The Morgan fingerprint density at radius 2 is 1.86 bits per heavy atom. The maximum absolute atomic E-state index is 9.47. The predicted octanol–water partition coefficient (Wildman–Crippen LogP) is 4.71. The van der Waals surface area contributed by atoms with Crippen molar-refractivity contribution in [2.45, 2.75) is 32.7 Å². The Kier molecular flexibility index (Phi) is 6.59. The van der Waals surface area contributed by atoms with Gasteiger partial charge in [0.2, 0.25) is 0 Å². The van der Waals surface area contributed by atoms with E-state index in [2.05, 4.69) is 50.8 Å². The van der Waals surface area contributed by atoms with Crippen molar-refractivity contribution in [2.24, 2.45) is 5.92 Å². The molecule has 4 heterocycles. The van der Waals surface area contributed by atoms with E-state index in [1.165, 1.54) is 5.56 Å². The number of nitrogens with zero attached hydrogens (tertiary/aromatic N) is 5. The number of benzene rings is 1. The predicted molar refractivity (Wildman–Crippen MR) is 136 cm³/mol. The smallest absolute Gasteiger partial charge is 0.187 e. The molecule has 1 aromatic carbocycles. The van der Waals surface area contributed by atoms with E-state index in [1.54, 1.807) is 12.4 Å². The number of nitriles is 1. The highest BCUT2D eigenvalue weighted by Crippen LogP contribution is 2.30. The quantitative estimate of drug-likeness (QED) is 0.386. The summed E-state index contributed by atoms with van der Waals surface area (Å²) in [5.41, 5.74) is 5.80. The van der Waals surface area contributed by atoms with Crippen molar-refractivity contribution in [3.8, 4) is 40.0 Å². The maximum atomic E-state index is 9.47. The van der Waals surface area contributed by atoms with Gasteiger partial charge < -0.3 is 14.6 Å². The molecule has 8 nitrogen and oxygen atoms in total. The highest BCUT2D eigenvalue weighted by Gasteiger charge is 2.22. The van der Waals surface area contributed by atoms with Gasteiger partial charge in [0.05, 0.1) is 48.0 Å². The molecule has 3 aromatic heterocycles. The third-order valence-electron chi connectivity index (χ3n) is 6.39. The van der Waals surface area contributed by atoms with Gasteiger partial charge in [0.1, 0.15) is 11.4 Å². The number of rotatable bonds is 8. The first-order valence-electron chi connectivity index (χ1n) is 12.0. The summed E-state index contributed by atoms with van der Waals surface area (Å²) in [6.07, 6.45) is 3.41. The fourth-order valence-corrected chi connectivity index (χ4v) is 3.95. The Bertz CT molecular complexity index is 1400. The number of ether oxygens (including phenoxy) is 1. The Morgan fingerprint density at radius 3 is 2.58 bits per heavy atom. The normalized spacial score (nSPS) is 13.8. The van der Waals surface area contributed by atoms with Crippen molar-refractivity contribution >= 4 is 0 Å². The maximum Gasteiger partial charge on any atom is 0.187 e. The van der Waals surface area contributed by atoms with Crippen LogP contribution in [0.15, 0.2) is 59.4 Å². The van der Waals surface area contributed by atoms with Crippen LogP contribution in [0.5, 0.6) is 0 Å². The molecule has 8 heteroatoms. The van der Waals surface area contributed by atoms with Crippen LogP contribution in [0.1, 0.15) is 30.8 Å². The van der Waals surface area contributed by atoms with Crippen LogP contribution in [-0.2, 0) is 16.7 Å². The summed E-state index contributed by atoms with van der Waals surface area (Å²) < 4.78 is 10.9. The molecule has 4 aromatic rings. The molecular formula is C28H28N6O2. The molecule has 1 saturated heterocycles. The monoisotopic (exact) mass is 480 g/mol. The van der Waals surface area contributed by atoms with Crippen LogP contribution >= 0.6 is 0 Å². The second-order valence-corrected chi connectivity index (χ2v) is 9.66. The molecule has 0 saturated carbocycles. The van der Waals surface area contributed by atoms with Gasteiger partial charge in [-0.2, -0.15) is 5.26 Å². The molecule has 0 unspecified atom stereocenters. The minimum absolute atomic E-state index is 0.553. The van der Waals surface area contributed by atoms with Crippen molar-refractivity contribution in [1.29, 1.82) is 5.26 Å². The van der Waals surface area contributed by atoms with E-state index in [0.29, 0.717) is 28.8 Å². The number of pyridine rings is 1. The van der Waals surface area contributed by atoms with E-state index >= 15 is 0 Å². The van der Waals surface area contributed by atoms with Crippen molar-refractivity contribution in [3.63, 3.8) is 0 Å². The van der Waals surface area contributed by atoms with E-state index in [1.807, 2.05) is 39.0 Å². The Labute approximate surface area is 210 Å². The fraction of sp³-hybridized carbons (Fsp3) is 0.321. The van der Waals surface area contributed by atoms with Crippen LogP contribution in [0.2, 0.25) is 0 Å². The fourth-order valence-electron chi connectivity index (χ4n) is 3.95. The standard InChI is InChI=1S/C28H28N6O2/c1-18-27(33-24(14-32-18)22-8-9-31-26(10-22)28(2,3)17-29)25-11-23(34-36-25)21-6-4-19(5-7-21)12-30-13-20-15-35-16-20/h4-11,14,20,30H,12-13,15-16H2,1-3H3. The number of nitrogens with one attached hydrogen (secondary N) is 1. The zero-order valence-corrected chi connectivity index (χ0v) is 20.7. The van der Waals surface area contributed by atoms with E-state index in [-0.39, 0.29) is 0 Å². The van der Waals surface area contributed by atoms with Gasteiger partial charge in [-0.25, -0.2) is 4.98 Å². The first-order chi connectivity index (χ1) is 17.4. The topological polar surface area (TPSA) is 110 Å². The van der Waals surface area contributed by atoms with Gasteiger partial charge in [0.15, 0.2) is 5.76 Å². The zero-order chi connectivity index (χ0) is 25.1. The summed E-state index contributed by atoms with van der Waals surface area (Å²) in [6, 6.07) is 16.2. The average molecular weight is 481 g/mol. The Morgan fingerprint density at radius 1 is 1.06 bits per heavy atom. The van der Waals surface area contributed by atoms with E-state index in [4.69, 9.17) is 14.2 Å². The van der Waals surface area contributed by atoms with Crippen LogP contribution in [0.4, 0.5) is 0 Å². The van der Waals surface area contributed by atoms with Crippen molar-refractivity contribution in [3.05, 3.63) is 71.8 Å². The van der Waals surface area contributed by atoms with Crippen LogP contribution in [-0.4, -0.2) is 39.9 Å². The van der Waals surface area contributed by atoms with Crippen LogP contribution in [0.25, 0.3) is 34.0 Å². The molecule has 1 N–H and O–H groups in total. The molecule has 0 aliphatic carbocycles. The molecule has 1 fully saturated rings. The number of aryl methyl sites for hydroxylation is 1. The van der Waals surface area contributed by atoms with Gasteiger partial charge >= 0.3 is 0 Å². The molecule has 1 aliphatic heterocycles. The largest absolute Gasteiger partial charge is 0.381 e.